The van der Waals surface area contributed by atoms with Crippen LogP contribution in [0.1, 0.15) is 27.7 Å². The van der Waals surface area contributed by atoms with E-state index in [-0.39, 0.29) is 17.6 Å². The van der Waals surface area contributed by atoms with Gasteiger partial charge in [-0.25, -0.2) is 4.98 Å². The number of nitrogens with zero attached hydrogens (tertiary/aromatic N) is 3. The Bertz CT molecular complexity index is 477. The van der Waals surface area contributed by atoms with Crippen LogP contribution >= 0.6 is 11.8 Å². The highest BCUT2D eigenvalue weighted by molar-refractivity contribution is 7.99. The normalized spacial score (nSPS) is 13.9. The summed E-state index contributed by atoms with van der Waals surface area (Å²) in [5.41, 5.74) is -0.822. The van der Waals surface area contributed by atoms with E-state index in [0.29, 0.717) is 0 Å². The Hall–Kier alpha value is -1.48. The molecule has 104 valence electrons. The predicted molar refractivity (Wildman–Crippen MR) is 75.6 cm³/mol. The van der Waals surface area contributed by atoms with E-state index in [1.165, 1.54) is 11.8 Å². The topological polar surface area (TPSA) is 70.7 Å². The first-order valence-corrected chi connectivity index (χ1v) is 7.27. The fourth-order valence-corrected chi connectivity index (χ4v) is 2.26. The lowest BCUT2D eigenvalue weighted by Crippen LogP contribution is -2.49. The highest BCUT2D eigenvalue weighted by Crippen LogP contribution is 2.18. The molecule has 1 heterocycles. The fourth-order valence-electron chi connectivity index (χ4n) is 1.43. The third-order valence-electron chi connectivity index (χ3n) is 3.14. The average molecular weight is 280 g/mol. The summed E-state index contributed by atoms with van der Waals surface area (Å²) < 4.78 is 1.98. The minimum absolute atomic E-state index is 0.0593. The Morgan fingerprint density at radius 3 is 2.89 bits per heavy atom. The molecule has 0 bridgehead atoms. The summed E-state index contributed by atoms with van der Waals surface area (Å²) in [4.78, 5) is 16.1. The molecular formula is C13H20N4OS. The molecule has 0 aliphatic carbocycles. The summed E-state index contributed by atoms with van der Waals surface area (Å²) in [7, 11) is 0. The van der Waals surface area contributed by atoms with Gasteiger partial charge in [0.05, 0.1) is 11.8 Å². The number of hydrogen-bond donors (Lipinski definition) is 1. The molecule has 1 unspecified atom stereocenters. The SMILES string of the molecule is CCn1ccnc1SCC(=O)NC(C)(C#N)C(C)C. The zero-order chi connectivity index (χ0) is 14.5. The van der Waals surface area contributed by atoms with Crippen molar-refractivity contribution in [3.8, 4) is 6.07 Å². The molecule has 1 aromatic heterocycles. The number of thioether (sulfide) groups is 1. The minimum atomic E-state index is -0.822. The van der Waals surface area contributed by atoms with Crippen LogP contribution in [0.15, 0.2) is 17.6 Å². The van der Waals surface area contributed by atoms with E-state index in [1.807, 2.05) is 31.5 Å². The molecule has 0 radical (unpaired) electrons. The van der Waals surface area contributed by atoms with Crippen molar-refractivity contribution in [2.45, 2.75) is 44.9 Å². The Labute approximate surface area is 118 Å². The maximum Gasteiger partial charge on any atom is 0.231 e. The van der Waals surface area contributed by atoms with Crippen molar-refractivity contribution in [3.05, 3.63) is 12.4 Å². The van der Waals surface area contributed by atoms with Crippen LogP contribution < -0.4 is 5.32 Å². The molecule has 1 amide bonds. The highest BCUT2D eigenvalue weighted by Gasteiger charge is 2.29. The molecule has 1 rings (SSSR count). The van der Waals surface area contributed by atoms with Crippen LogP contribution in [0.4, 0.5) is 0 Å². The minimum Gasteiger partial charge on any atom is -0.337 e. The number of imidazole rings is 1. The Balaban J connectivity index is 2.55. The molecule has 1 aromatic rings. The van der Waals surface area contributed by atoms with Crippen LogP contribution in [0.3, 0.4) is 0 Å². The maximum absolute atomic E-state index is 11.9. The smallest absolute Gasteiger partial charge is 0.231 e. The maximum atomic E-state index is 11.9. The molecular weight excluding hydrogens is 260 g/mol. The van der Waals surface area contributed by atoms with Crippen molar-refractivity contribution in [2.24, 2.45) is 5.92 Å². The van der Waals surface area contributed by atoms with E-state index in [4.69, 9.17) is 5.26 Å². The van der Waals surface area contributed by atoms with E-state index in [1.54, 1.807) is 13.1 Å². The largest absolute Gasteiger partial charge is 0.337 e. The van der Waals surface area contributed by atoms with Crippen molar-refractivity contribution in [1.29, 1.82) is 5.26 Å². The van der Waals surface area contributed by atoms with Gasteiger partial charge in [0, 0.05) is 18.9 Å². The van der Waals surface area contributed by atoms with Gasteiger partial charge in [0.15, 0.2) is 5.16 Å². The van der Waals surface area contributed by atoms with Gasteiger partial charge in [-0.1, -0.05) is 25.6 Å². The number of carbonyl (C=O) groups excluding carboxylic acids is 1. The molecule has 0 aliphatic rings. The van der Waals surface area contributed by atoms with E-state index in [2.05, 4.69) is 16.4 Å². The first-order valence-electron chi connectivity index (χ1n) is 6.29. The predicted octanol–water partition coefficient (Wildman–Crippen LogP) is 2.05. The summed E-state index contributed by atoms with van der Waals surface area (Å²) in [6.45, 7) is 8.43. The van der Waals surface area contributed by atoms with Gasteiger partial charge < -0.3 is 9.88 Å². The lowest BCUT2D eigenvalue weighted by atomic mass is 9.90. The van der Waals surface area contributed by atoms with Crippen LogP contribution in [-0.4, -0.2) is 26.8 Å². The van der Waals surface area contributed by atoms with Crippen molar-refractivity contribution >= 4 is 17.7 Å². The zero-order valence-electron chi connectivity index (χ0n) is 11.8. The Morgan fingerprint density at radius 2 is 2.37 bits per heavy atom. The zero-order valence-corrected chi connectivity index (χ0v) is 12.6. The molecule has 5 nitrogen and oxygen atoms in total. The van der Waals surface area contributed by atoms with Gasteiger partial charge in [0.2, 0.25) is 5.91 Å². The molecule has 0 spiro atoms. The number of aromatic nitrogens is 2. The lowest BCUT2D eigenvalue weighted by Gasteiger charge is -2.27. The second-order valence-electron chi connectivity index (χ2n) is 4.80. The number of hydrogen-bond acceptors (Lipinski definition) is 4. The summed E-state index contributed by atoms with van der Waals surface area (Å²) in [6.07, 6.45) is 3.60. The van der Waals surface area contributed by atoms with Gasteiger partial charge in [0.1, 0.15) is 5.54 Å². The Morgan fingerprint density at radius 1 is 1.68 bits per heavy atom. The summed E-state index contributed by atoms with van der Waals surface area (Å²) >= 11 is 1.38. The van der Waals surface area contributed by atoms with E-state index < -0.39 is 5.54 Å². The number of nitrogens with one attached hydrogen (secondary N) is 1. The van der Waals surface area contributed by atoms with Crippen molar-refractivity contribution in [2.75, 3.05) is 5.75 Å². The summed E-state index contributed by atoms with van der Waals surface area (Å²) in [5, 5.41) is 12.8. The number of rotatable bonds is 6. The van der Waals surface area contributed by atoms with Crippen molar-refractivity contribution in [1.82, 2.24) is 14.9 Å². The quantitative estimate of drug-likeness (QED) is 0.810. The van der Waals surface area contributed by atoms with Gasteiger partial charge in [0.25, 0.3) is 0 Å². The van der Waals surface area contributed by atoms with Gasteiger partial charge in [-0.3, -0.25) is 4.79 Å². The molecule has 0 fully saturated rings. The highest BCUT2D eigenvalue weighted by atomic mass is 32.2. The first kappa shape index (κ1) is 15.6. The summed E-state index contributed by atoms with van der Waals surface area (Å²) in [5.74, 6) is 0.179. The van der Waals surface area contributed by atoms with Gasteiger partial charge in [-0.15, -0.1) is 0 Å². The van der Waals surface area contributed by atoms with Crippen LogP contribution in [0.5, 0.6) is 0 Å². The molecule has 19 heavy (non-hydrogen) atoms. The van der Waals surface area contributed by atoms with Gasteiger partial charge in [-0.2, -0.15) is 5.26 Å². The average Bonchev–Trinajstić information content (AvgIpc) is 2.83. The van der Waals surface area contributed by atoms with Crippen LogP contribution in [0, 0.1) is 17.2 Å². The number of amides is 1. The molecule has 6 heteroatoms. The monoisotopic (exact) mass is 280 g/mol. The number of nitriles is 1. The lowest BCUT2D eigenvalue weighted by molar-refractivity contribution is -0.120. The molecule has 0 saturated heterocycles. The van der Waals surface area contributed by atoms with Gasteiger partial charge in [-0.05, 0) is 19.8 Å². The standard InChI is InChI=1S/C13H20N4OS/c1-5-17-7-6-15-12(17)19-8-11(18)16-13(4,9-14)10(2)3/h6-7,10H,5,8H2,1-4H3,(H,16,18). The van der Waals surface area contributed by atoms with Crippen molar-refractivity contribution < 1.29 is 4.79 Å². The van der Waals surface area contributed by atoms with E-state index in [0.717, 1.165) is 11.7 Å². The number of carbonyl (C=O) groups is 1. The van der Waals surface area contributed by atoms with Crippen LogP contribution in [-0.2, 0) is 11.3 Å². The van der Waals surface area contributed by atoms with Crippen LogP contribution in [0.25, 0.3) is 0 Å². The van der Waals surface area contributed by atoms with Crippen molar-refractivity contribution in [3.63, 3.8) is 0 Å². The van der Waals surface area contributed by atoms with Crippen LogP contribution in [0.2, 0.25) is 0 Å². The third-order valence-corrected chi connectivity index (χ3v) is 4.14. The molecule has 0 saturated carbocycles. The molecule has 0 aromatic carbocycles. The summed E-state index contributed by atoms with van der Waals surface area (Å²) in [6, 6.07) is 2.16. The Kier molecular flexibility index (Phi) is 5.43. The molecule has 0 aliphatic heterocycles. The molecule has 1 atom stereocenters. The third kappa shape index (κ3) is 4.00. The van der Waals surface area contributed by atoms with E-state index in [9.17, 15) is 4.79 Å². The first-order chi connectivity index (χ1) is 8.92. The van der Waals surface area contributed by atoms with Gasteiger partial charge >= 0.3 is 0 Å². The second-order valence-corrected chi connectivity index (χ2v) is 5.74. The fraction of sp³-hybridized carbons (Fsp3) is 0.615. The van der Waals surface area contributed by atoms with E-state index >= 15 is 0 Å². The second kappa shape index (κ2) is 6.62. The molecule has 1 N–H and O–H groups in total. The number of aryl methyl sites for hydroxylation is 1.